The number of fused-ring (bicyclic) bond motifs is 1. The quantitative estimate of drug-likeness (QED) is 0.587. The summed E-state index contributed by atoms with van der Waals surface area (Å²) in [4.78, 5) is 25.5. The lowest BCUT2D eigenvalue weighted by atomic mass is 10.0. The van der Waals surface area contributed by atoms with E-state index in [1.807, 2.05) is 38.1 Å². The fourth-order valence-electron chi connectivity index (χ4n) is 3.87. The molecular formula is C24H26N4O4. The fourth-order valence-corrected chi connectivity index (χ4v) is 3.87. The van der Waals surface area contributed by atoms with Crippen LogP contribution >= 0.6 is 0 Å². The first-order chi connectivity index (χ1) is 15.4. The third kappa shape index (κ3) is 3.91. The van der Waals surface area contributed by atoms with E-state index in [-0.39, 0.29) is 18.2 Å². The van der Waals surface area contributed by atoms with Gasteiger partial charge in [-0.2, -0.15) is 5.10 Å². The number of nitrogens with one attached hydrogen (secondary N) is 2. The molecule has 8 nitrogen and oxygen atoms in total. The fraction of sp³-hybridized carbons (Fsp3) is 0.292. The maximum Gasteiger partial charge on any atom is 0.251 e. The van der Waals surface area contributed by atoms with E-state index in [9.17, 15) is 9.59 Å². The summed E-state index contributed by atoms with van der Waals surface area (Å²) in [6.45, 7) is 4.05. The van der Waals surface area contributed by atoms with E-state index in [4.69, 9.17) is 9.47 Å². The van der Waals surface area contributed by atoms with Crippen LogP contribution < -0.4 is 20.1 Å². The molecule has 1 aromatic heterocycles. The normalized spacial score (nSPS) is 14.6. The highest BCUT2D eigenvalue weighted by molar-refractivity contribution is 6.04. The SMILES string of the molecule is CCc1nn2c(c1-c1ccc(C)cc1)NC(=O)C2CC(=O)Nc1ccc(OC)cc1OC. The van der Waals surface area contributed by atoms with Crippen molar-refractivity contribution in [1.82, 2.24) is 9.78 Å². The van der Waals surface area contributed by atoms with Gasteiger partial charge in [0.15, 0.2) is 0 Å². The molecule has 8 heteroatoms. The van der Waals surface area contributed by atoms with E-state index in [0.717, 1.165) is 22.4 Å². The number of nitrogens with zero attached hydrogens (tertiary/aromatic N) is 2. The summed E-state index contributed by atoms with van der Waals surface area (Å²) in [7, 11) is 3.08. The van der Waals surface area contributed by atoms with Gasteiger partial charge in [-0.3, -0.25) is 9.59 Å². The van der Waals surface area contributed by atoms with Crippen LogP contribution in [0.3, 0.4) is 0 Å². The average Bonchev–Trinajstić information content (AvgIpc) is 3.29. The second-order valence-electron chi connectivity index (χ2n) is 7.66. The minimum absolute atomic E-state index is 0.0494. The number of hydrogen-bond acceptors (Lipinski definition) is 5. The number of rotatable bonds is 7. The zero-order chi connectivity index (χ0) is 22.8. The Labute approximate surface area is 186 Å². The summed E-state index contributed by atoms with van der Waals surface area (Å²) in [6.07, 6.45) is 0.660. The number of aromatic nitrogens is 2. The average molecular weight is 434 g/mol. The molecule has 0 saturated carbocycles. The zero-order valence-corrected chi connectivity index (χ0v) is 18.6. The number of benzene rings is 2. The Hall–Kier alpha value is -3.81. The lowest BCUT2D eigenvalue weighted by Crippen LogP contribution is -2.24. The number of amides is 2. The number of ether oxygens (including phenoxy) is 2. The number of carbonyl (C=O) groups is 2. The molecule has 3 aromatic rings. The van der Waals surface area contributed by atoms with Gasteiger partial charge in [0.05, 0.1) is 32.0 Å². The highest BCUT2D eigenvalue weighted by Crippen LogP contribution is 2.39. The second-order valence-corrected chi connectivity index (χ2v) is 7.66. The van der Waals surface area contributed by atoms with Crippen molar-refractivity contribution >= 4 is 23.3 Å². The van der Waals surface area contributed by atoms with Gasteiger partial charge in [0.1, 0.15) is 23.4 Å². The maximum atomic E-state index is 12.8. The molecule has 0 saturated heterocycles. The molecule has 0 fully saturated rings. The van der Waals surface area contributed by atoms with Gasteiger partial charge in [0.2, 0.25) is 5.91 Å². The Kier molecular flexibility index (Phi) is 5.85. The van der Waals surface area contributed by atoms with E-state index < -0.39 is 6.04 Å². The number of methoxy groups -OCH3 is 2. The first kappa shape index (κ1) is 21.4. The maximum absolute atomic E-state index is 12.8. The molecule has 2 aromatic carbocycles. The van der Waals surface area contributed by atoms with Crippen molar-refractivity contribution in [2.45, 2.75) is 32.7 Å². The van der Waals surface area contributed by atoms with Gasteiger partial charge in [-0.15, -0.1) is 0 Å². The van der Waals surface area contributed by atoms with Gasteiger partial charge in [-0.25, -0.2) is 4.68 Å². The molecule has 1 aliphatic heterocycles. The third-order valence-corrected chi connectivity index (χ3v) is 5.56. The van der Waals surface area contributed by atoms with E-state index in [0.29, 0.717) is 29.4 Å². The van der Waals surface area contributed by atoms with Crippen LogP contribution in [0.2, 0.25) is 0 Å². The molecule has 1 aliphatic rings. The van der Waals surface area contributed by atoms with Crippen LogP contribution in [0.1, 0.15) is 30.6 Å². The molecule has 0 spiro atoms. The van der Waals surface area contributed by atoms with E-state index in [1.54, 1.807) is 30.0 Å². The predicted octanol–water partition coefficient (Wildman–Crippen LogP) is 3.96. The van der Waals surface area contributed by atoms with Gasteiger partial charge in [0.25, 0.3) is 5.91 Å². The predicted molar refractivity (Wildman–Crippen MR) is 122 cm³/mol. The highest BCUT2D eigenvalue weighted by atomic mass is 16.5. The molecule has 4 rings (SSSR count). The van der Waals surface area contributed by atoms with Gasteiger partial charge in [0, 0.05) is 11.6 Å². The van der Waals surface area contributed by atoms with Crippen LogP contribution in [-0.4, -0.2) is 35.8 Å². The van der Waals surface area contributed by atoms with Crippen molar-refractivity contribution in [2.24, 2.45) is 0 Å². The monoisotopic (exact) mass is 434 g/mol. The van der Waals surface area contributed by atoms with Crippen molar-refractivity contribution in [3.8, 4) is 22.6 Å². The molecule has 32 heavy (non-hydrogen) atoms. The first-order valence-corrected chi connectivity index (χ1v) is 10.5. The van der Waals surface area contributed by atoms with E-state index in [2.05, 4.69) is 15.7 Å². The molecule has 0 aliphatic carbocycles. The Balaban J connectivity index is 1.59. The Morgan fingerprint density at radius 2 is 1.91 bits per heavy atom. The van der Waals surface area contributed by atoms with Crippen molar-refractivity contribution in [3.05, 3.63) is 53.7 Å². The van der Waals surface area contributed by atoms with Crippen LogP contribution in [0.25, 0.3) is 11.1 Å². The lowest BCUT2D eigenvalue weighted by molar-refractivity contribution is -0.123. The van der Waals surface area contributed by atoms with Crippen LogP contribution in [-0.2, 0) is 16.0 Å². The van der Waals surface area contributed by atoms with Gasteiger partial charge in [-0.05, 0) is 31.0 Å². The molecule has 0 bridgehead atoms. The summed E-state index contributed by atoms with van der Waals surface area (Å²) in [5.74, 6) is 1.16. The summed E-state index contributed by atoms with van der Waals surface area (Å²) < 4.78 is 12.2. The lowest BCUT2D eigenvalue weighted by Gasteiger charge is -2.13. The zero-order valence-electron chi connectivity index (χ0n) is 18.6. The topological polar surface area (TPSA) is 94.5 Å². The summed E-state index contributed by atoms with van der Waals surface area (Å²) in [6, 6.07) is 12.5. The largest absolute Gasteiger partial charge is 0.497 e. The number of aryl methyl sites for hydroxylation is 2. The molecule has 2 N–H and O–H groups in total. The van der Waals surface area contributed by atoms with Crippen molar-refractivity contribution in [3.63, 3.8) is 0 Å². The first-order valence-electron chi connectivity index (χ1n) is 10.5. The van der Waals surface area contributed by atoms with Gasteiger partial charge >= 0.3 is 0 Å². The molecule has 1 unspecified atom stereocenters. The Bertz CT molecular complexity index is 1170. The summed E-state index contributed by atoms with van der Waals surface area (Å²) >= 11 is 0. The molecule has 166 valence electrons. The Morgan fingerprint density at radius 3 is 2.56 bits per heavy atom. The standard InChI is InChI=1S/C24H26N4O4/c1-5-17-22(15-8-6-14(2)7-9-15)23-26-24(30)19(28(23)27-17)13-21(29)25-18-11-10-16(31-3)12-20(18)32-4/h6-12,19H,5,13H2,1-4H3,(H,25,29)(H,26,30). The van der Waals surface area contributed by atoms with Crippen LogP contribution in [0, 0.1) is 6.92 Å². The molecular weight excluding hydrogens is 408 g/mol. The highest BCUT2D eigenvalue weighted by Gasteiger charge is 2.36. The number of hydrogen-bond donors (Lipinski definition) is 2. The van der Waals surface area contributed by atoms with E-state index in [1.165, 1.54) is 7.11 Å². The summed E-state index contributed by atoms with van der Waals surface area (Å²) in [5.41, 5.74) is 4.43. The van der Waals surface area contributed by atoms with Gasteiger partial charge in [-0.1, -0.05) is 36.8 Å². The van der Waals surface area contributed by atoms with Crippen molar-refractivity contribution < 1.29 is 19.1 Å². The van der Waals surface area contributed by atoms with Crippen LogP contribution in [0.15, 0.2) is 42.5 Å². The molecule has 2 amide bonds. The van der Waals surface area contributed by atoms with Crippen molar-refractivity contribution in [2.75, 3.05) is 24.9 Å². The Morgan fingerprint density at radius 1 is 1.16 bits per heavy atom. The minimum Gasteiger partial charge on any atom is -0.497 e. The number of carbonyl (C=O) groups excluding carboxylic acids is 2. The smallest absolute Gasteiger partial charge is 0.251 e. The molecule has 1 atom stereocenters. The second kappa shape index (κ2) is 8.74. The summed E-state index contributed by atoms with van der Waals surface area (Å²) in [5, 5.41) is 10.4. The number of anilines is 2. The van der Waals surface area contributed by atoms with Crippen molar-refractivity contribution in [1.29, 1.82) is 0 Å². The van der Waals surface area contributed by atoms with Crippen LogP contribution in [0.5, 0.6) is 11.5 Å². The van der Waals surface area contributed by atoms with E-state index >= 15 is 0 Å². The van der Waals surface area contributed by atoms with Crippen LogP contribution in [0.4, 0.5) is 11.5 Å². The third-order valence-electron chi connectivity index (χ3n) is 5.56. The van der Waals surface area contributed by atoms with Gasteiger partial charge < -0.3 is 20.1 Å². The molecule has 2 heterocycles. The molecule has 0 radical (unpaired) electrons. The minimum atomic E-state index is -0.723.